The van der Waals surface area contributed by atoms with Gasteiger partial charge in [0.25, 0.3) is 5.92 Å². The van der Waals surface area contributed by atoms with E-state index in [0.29, 0.717) is 42.9 Å². The first-order chi connectivity index (χ1) is 17.6. The van der Waals surface area contributed by atoms with Gasteiger partial charge in [0, 0.05) is 35.6 Å². The SMILES string of the molecule is N#C[C@@H](C[C@@H]1CCCNC1=O)NC(=O)[C@@H]1[C@H]2CC[C@H](CC2(F)F)N1C(=O)C1(Nc2cccc(Cl)c2)CC1. The van der Waals surface area contributed by atoms with Crippen LogP contribution in [0.4, 0.5) is 14.5 Å². The molecule has 3 heterocycles. The Labute approximate surface area is 219 Å². The number of piperidine rings is 3. The van der Waals surface area contributed by atoms with Gasteiger partial charge in [0.05, 0.1) is 12.0 Å². The van der Waals surface area contributed by atoms with Crippen LogP contribution in [0.5, 0.6) is 0 Å². The van der Waals surface area contributed by atoms with Crippen LogP contribution >= 0.6 is 11.6 Å². The first-order valence-corrected chi connectivity index (χ1v) is 13.2. The summed E-state index contributed by atoms with van der Waals surface area (Å²) < 4.78 is 30.1. The number of anilines is 1. The lowest BCUT2D eigenvalue weighted by atomic mass is 9.71. The molecule has 3 aliphatic heterocycles. The molecule has 11 heteroatoms. The van der Waals surface area contributed by atoms with Crippen molar-refractivity contribution in [2.75, 3.05) is 11.9 Å². The number of alkyl halides is 2. The van der Waals surface area contributed by atoms with Crippen LogP contribution < -0.4 is 16.0 Å². The predicted molar refractivity (Wildman–Crippen MR) is 132 cm³/mol. The summed E-state index contributed by atoms with van der Waals surface area (Å²) >= 11 is 6.09. The van der Waals surface area contributed by atoms with Crippen molar-refractivity contribution in [2.45, 2.75) is 81.0 Å². The average molecular weight is 534 g/mol. The highest BCUT2D eigenvalue weighted by Gasteiger charge is 2.64. The first-order valence-electron chi connectivity index (χ1n) is 12.9. The monoisotopic (exact) mass is 533 g/mol. The zero-order valence-corrected chi connectivity index (χ0v) is 21.1. The number of carbonyl (C=O) groups excluding carboxylic acids is 3. The topological polar surface area (TPSA) is 114 Å². The van der Waals surface area contributed by atoms with Crippen LogP contribution in [0.3, 0.4) is 0 Å². The summed E-state index contributed by atoms with van der Waals surface area (Å²) in [5, 5.41) is 18.7. The van der Waals surface area contributed by atoms with Crippen molar-refractivity contribution in [3.63, 3.8) is 0 Å². The number of carbonyl (C=O) groups is 3. The van der Waals surface area contributed by atoms with E-state index >= 15 is 8.78 Å². The maximum atomic E-state index is 15.0. The van der Waals surface area contributed by atoms with Gasteiger partial charge in [0.15, 0.2) is 0 Å². The van der Waals surface area contributed by atoms with Crippen LogP contribution in [-0.2, 0) is 14.4 Å². The summed E-state index contributed by atoms with van der Waals surface area (Å²) in [5.41, 5.74) is -0.340. The van der Waals surface area contributed by atoms with Gasteiger partial charge in [0.2, 0.25) is 17.7 Å². The molecule has 3 N–H and O–H groups in total. The number of halogens is 3. The van der Waals surface area contributed by atoms with Crippen molar-refractivity contribution in [1.29, 1.82) is 5.26 Å². The molecule has 5 aliphatic rings. The third kappa shape index (κ3) is 4.98. The van der Waals surface area contributed by atoms with Crippen molar-refractivity contribution in [3.05, 3.63) is 29.3 Å². The Morgan fingerprint density at radius 2 is 2.05 bits per heavy atom. The van der Waals surface area contributed by atoms with E-state index in [1.54, 1.807) is 24.3 Å². The Morgan fingerprint density at radius 3 is 2.70 bits per heavy atom. The molecule has 2 bridgehead atoms. The molecule has 198 valence electrons. The number of nitrogens with one attached hydrogen (secondary N) is 3. The molecular formula is C26H30ClF2N5O3. The van der Waals surface area contributed by atoms with Gasteiger partial charge in [-0.3, -0.25) is 14.4 Å². The number of benzene rings is 1. The molecule has 0 aromatic heterocycles. The number of amides is 3. The Kier molecular flexibility index (Phi) is 6.77. The van der Waals surface area contributed by atoms with Crippen LogP contribution in [0, 0.1) is 23.2 Å². The Hall–Kier alpha value is -2.93. The van der Waals surface area contributed by atoms with Gasteiger partial charge in [-0.05, 0) is 63.1 Å². The fourth-order valence-electron chi connectivity index (χ4n) is 6.15. The molecule has 6 rings (SSSR count). The van der Waals surface area contributed by atoms with Crippen LogP contribution in [-0.4, -0.2) is 58.8 Å². The molecule has 1 aromatic carbocycles. The molecule has 5 atom stereocenters. The molecule has 3 saturated heterocycles. The molecule has 5 fully saturated rings. The zero-order chi connectivity index (χ0) is 26.4. The number of nitriles is 1. The van der Waals surface area contributed by atoms with E-state index in [9.17, 15) is 19.6 Å². The van der Waals surface area contributed by atoms with E-state index in [2.05, 4.69) is 16.0 Å². The molecule has 0 radical (unpaired) electrons. The summed E-state index contributed by atoms with van der Waals surface area (Å²) in [6.45, 7) is 0.571. The molecule has 8 nitrogen and oxygen atoms in total. The minimum atomic E-state index is -3.09. The summed E-state index contributed by atoms with van der Waals surface area (Å²) in [7, 11) is 0. The standard InChI is InChI=1S/C26H30ClF2N5O3/c27-16-4-1-5-17(12-16)33-25(8-9-25)24(37)34-19-6-7-20(26(28,29)13-19)21(34)23(36)32-18(14-30)11-15-3-2-10-31-22(15)35/h1,4-5,12,15,18-21,33H,2-3,6-11,13H2,(H,31,35)(H,32,36)/t15-,18+,19+,20+,21-/m0/s1. The van der Waals surface area contributed by atoms with Gasteiger partial charge in [-0.2, -0.15) is 5.26 Å². The minimum Gasteiger partial charge on any atom is -0.371 e. The molecule has 1 aromatic rings. The van der Waals surface area contributed by atoms with E-state index in [1.165, 1.54) is 4.90 Å². The third-order valence-corrected chi connectivity index (χ3v) is 8.43. The Morgan fingerprint density at radius 1 is 1.27 bits per heavy atom. The van der Waals surface area contributed by atoms with Crippen LogP contribution in [0.2, 0.25) is 5.02 Å². The summed E-state index contributed by atoms with van der Waals surface area (Å²) in [4.78, 5) is 40.9. The van der Waals surface area contributed by atoms with Gasteiger partial charge in [-0.1, -0.05) is 17.7 Å². The summed E-state index contributed by atoms with van der Waals surface area (Å²) in [5.74, 6) is -6.17. The second kappa shape index (κ2) is 9.75. The highest BCUT2D eigenvalue weighted by molar-refractivity contribution is 6.30. The van der Waals surface area contributed by atoms with Crippen LogP contribution in [0.15, 0.2) is 24.3 Å². The van der Waals surface area contributed by atoms with Gasteiger partial charge in [-0.15, -0.1) is 0 Å². The van der Waals surface area contributed by atoms with Crippen molar-refractivity contribution in [3.8, 4) is 6.07 Å². The van der Waals surface area contributed by atoms with Gasteiger partial charge < -0.3 is 20.9 Å². The van der Waals surface area contributed by atoms with E-state index in [0.717, 1.165) is 6.42 Å². The molecule has 37 heavy (non-hydrogen) atoms. The van der Waals surface area contributed by atoms with E-state index in [1.807, 2.05) is 6.07 Å². The van der Waals surface area contributed by atoms with Crippen molar-refractivity contribution >= 4 is 35.0 Å². The Bertz CT molecular complexity index is 1140. The van der Waals surface area contributed by atoms with Gasteiger partial charge in [0.1, 0.15) is 17.6 Å². The molecule has 3 amide bonds. The van der Waals surface area contributed by atoms with Crippen LogP contribution in [0.1, 0.15) is 51.4 Å². The van der Waals surface area contributed by atoms with E-state index in [4.69, 9.17) is 11.6 Å². The van der Waals surface area contributed by atoms with Gasteiger partial charge in [-0.25, -0.2) is 8.78 Å². The lowest BCUT2D eigenvalue weighted by Gasteiger charge is -2.54. The largest absolute Gasteiger partial charge is 0.371 e. The lowest BCUT2D eigenvalue weighted by molar-refractivity contribution is -0.195. The predicted octanol–water partition coefficient (Wildman–Crippen LogP) is 3.22. The zero-order valence-electron chi connectivity index (χ0n) is 20.3. The molecular weight excluding hydrogens is 504 g/mol. The number of fused-ring (bicyclic) bond motifs is 3. The lowest BCUT2D eigenvalue weighted by Crippen LogP contribution is -2.70. The molecule has 0 spiro atoms. The second-order valence-corrected chi connectivity index (χ2v) is 11.2. The summed E-state index contributed by atoms with van der Waals surface area (Å²) in [6.07, 6.45) is 2.51. The molecule has 2 saturated carbocycles. The number of hydrogen-bond donors (Lipinski definition) is 3. The molecule has 2 aliphatic carbocycles. The third-order valence-electron chi connectivity index (χ3n) is 8.20. The second-order valence-electron chi connectivity index (χ2n) is 10.7. The highest BCUT2D eigenvalue weighted by Crippen LogP contribution is 2.52. The quantitative estimate of drug-likeness (QED) is 0.498. The first kappa shape index (κ1) is 25.7. The minimum absolute atomic E-state index is 0.0967. The number of nitrogens with zero attached hydrogens (tertiary/aromatic N) is 2. The smallest absolute Gasteiger partial charge is 0.255 e. The van der Waals surface area contributed by atoms with Crippen molar-refractivity contribution < 1.29 is 23.2 Å². The van der Waals surface area contributed by atoms with Crippen LogP contribution in [0.25, 0.3) is 0 Å². The maximum absolute atomic E-state index is 15.0. The van der Waals surface area contributed by atoms with Crippen molar-refractivity contribution in [1.82, 2.24) is 15.5 Å². The van der Waals surface area contributed by atoms with E-state index < -0.39 is 53.8 Å². The Balaban J connectivity index is 1.37. The fourth-order valence-corrected chi connectivity index (χ4v) is 6.34. The average Bonchev–Trinajstić information content (AvgIpc) is 3.64. The van der Waals surface area contributed by atoms with Crippen molar-refractivity contribution in [2.24, 2.45) is 11.8 Å². The normalized spacial score (nSPS) is 30.0. The molecule has 0 unspecified atom stereocenters. The number of rotatable bonds is 7. The van der Waals surface area contributed by atoms with Gasteiger partial charge >= 0.3 is 0 Å². The summed E-state index contributed by atoms with van der Waals surface area (Å²) in [6, 6.07) is 5.75. The highest BCUT2D eigenvalue weighted by atomic mass is 35.5. The fraction of sp³-hybridized carbons (Fsp3) is 0.615. The number of hydrogen-bond acceptors (Lipinski definition) is 5. The van der Waals surface area contributed by atoms with E-state index in [-0.39, 0.29) is 24.7 Å². The maximum Gasteiger partial charge on any atom is 0.255 e.